The van der Waals surface area contributed by atoms with E-state index >= 15 is 0 Å². The van der Waals surface area contributed by atoms with E-state index in [1.807, 2.05) is 13.1 Å². The van der Waals surface area contributed by atoms with Crippen molar-refractivity contribution in [2.24, 2.45) is 0 Å². The molecule has 0 amide bonds. The zero-order valence-corrected chi connectivity index (χ0v) is 10.0. The summed E-state index contributed by atoms with van der Waals surface area (Å²) in [5.74, 6) is -0.899. The molecule has 0 atom stereocenters. The minimum Gasteiger partial charge on any atom is -0.477 e. The highest BCUT2D eigenvalue weighted by molar-refractivity contribution is 14.1. The maximum absolute atomic E-state index is 10.8. The fourth-order valence-corrected chi connectivity index (χ4v) is 1.78. The third-order valence-corrected chi connectivity index (χ3v) is 2.35. The van der Waals surface area contributed by atoms with Gasteiger partial charge in [-0.1, -0.05) is 0 Å². The van der Waals surface area contributed by atoms with E-state index in [0.29, 0.717) is 25.5 Å². The minimum atomic E-state index is -0.899. The number of ether oxygens (including phenoxy) is 1. The van der Waals surface area contributed by atoms with Gasteiger partial charge in [-0.15, -0.1) is 0 Å². The van der Waals surface area contributed by atoms with Crippen LogP contribution in [-0.2, 0) is 11.3 Å². The summed E-state index contributed by atoms with van der Waals surface area (Å²) in [5.41, 5.74) is 0.314. The molecule has 1 heterocycles. The molecule has 1 N–H and O–H groups in total. The van der Waals surface area contributed by atoms with Crippen LogP contribution in [0.1, 0.15) is 17.4 Å². The molecule has 0 bridgehead atoms. The highest BCUT2D eigenvalue weighted by atomic mass is 127. The number of carboxylic acid groups (broad SMARTS) is 1. The third-order valence-electron chi connectivity index (χ3n) is 1.76. The van der Waals surface area contributed by atoms with E-state index in [0.717, 1.165) is 3.57 Å². The fraction of sp³-hybridized carbons (Fsp3) is 0.444. The molecule has 4 nitrogen and oxygen atoms in total. The Morgan fingerprint density at radius 2 is 2.43 bits per heavy atom. The van der Waals surface area contributed by atoms with Crippen molar-refractivity contribution in [2.75, 3.05) is 13.2 Å². The third kappa shape index (κ3) is 2.98. The lowest BCUT2D eigenvalue weighted by molar-refractivity contribution is 0.0681. The average Bonchev–Trinajstić information content (AvgIpc) is 2.47. The highest BCUT2D eigenvalue weighted by Crippen LogP contribution is 2.11. The predicted molar refractivity (Wildman–Crippen MR) is 60.6 cm³/mol. The number of hydrogen-bond donors (Lipinski definition) is 1. The largest absolute Gasteiger partial charge is 0.477 e. The smallest absolute Gasteiger partial charge is 0.352 e. The van der Waals surface area contributed by atoms with Crippen LogP contribution >= 0.6 is 22.6 Å². The number of aromatic carboxylic acids is 1. The van der Waals surface area contributed by atoms with Crippen molar-refractivity contribution in [1.82, 2.24) is 4.57 Å². The van der Waals surface area contributed by atoms with Crippen LogP contribution in [0.4, 0.5) is 0 Å². The standard InChI is InChI=1S/C9H12INO3/c1-2-14-4-3-11-6-7(10)5-8(11)9(12)13/h5-6H,2-4H2,1H3,(H,12,13). The van der Waals surface area contributed by atoms with Gasteiger partial charge in [-0.3, -0.25) is 0 Å². The SMILES string of the molecule is CCOCCn1cc(I)cc1C(=O)O. The molecule has 0 aliphatic rings. The van der Waals surface area contributed by atoms with E-state index in [4.69, 9.17) is 9.84 Å². The molecule has 0 aliphatic carbocycles. The van der Waals surface area contributed by atoms with E-state index in [9.17, 15) is 4.79 Å². The Labute approximate surface area is 96.0 Å². The molecule has 78 valence electrons. The van der Waals surface area contributed by atoms with Gasteiger partial charge in [-0.2, -0.15) is 0 Å². The first kappa shape index (κ1) is 11.5. The van der Waals surface area contributed by atoms with E-state index in [1.165, 1.54) is 0 Å². The van der Waals surface area contributed by atoms with Crippen LogP contribution in [0.25, 0.3) is 0 Å². The van der Waals surface area contributed by atoms with Crippen LogP contribution in [0.3, 0.4) is 0 Å². The van der Waals surface area contributed by atoms with Crippen LogP contribution in [0, 0.1) is 3.57 Å². The Kier molecular flexibility index (Phi) is 4.40. The Balaban J connectivity index is 2.69. The second-order valence-corrected chi connectivity index (χ2v) is 3.98. The summed E-state index contributed by atoms with van der Waals surface area (Å²) in [7, 11) is 0. The number of rotatable bonds is 5. The van der Waals surface area contributed by atoms with E-state index in [-0.39, 0.29) is 0 Å². The molecule has 1 aromatic heterocycles. The first-order chi connectivity index (χ1) is 6.65. The van der Waals surface area contributed by atoms with E-state index in [2.05, 4.69) is 22.6 Å². The summed E-state index contributed by atoms with van der Waals surface area (Å²) >= 11 is 2.10. The lowest BCUT2D eigenvalue weighted by Crippen LogP contribution is -2.11. The molecular formula is C9H12INO3. The van der Waals surface area contributed by atoms with Gasteiger partial charge in [0, 0.05) is 22.9 Å². The van der Waals surface area contributed by atoms with Crippen molar-refractivity contribution < 1.29 is 14.6 Å². The molecule has 0 aliphatic heterocycles. The number of nitrogens with zero attached hydrogens (tertiary/aromatic N) is 1. The second kappa shape index (κ2) is 5.35. The molecular weight excluding hydrogens is 297 g/mol. The van der Waals surface area contributed by atoms with Gasteiger partial charge in [-0.25, -0.2) is 4.79 Å². The topological polar surface area (TPSA) is 51.5 Å². The molecule has 0 fully saturated rings. The molecule has 1 rings (SSSR count). The van der Waals surface area contributed by atoms with E-state index in [1.54, 1.807) is 10.6 Å². The molecule has 0 unspecified atom stereocenters. The van der Waals surface area contributed by atoms with Crippen LogP contribution in [0.2, 0.25) is 0 Å². The van der Waals surface area contributed by atoms with Crippen LogP contribution < -0.4 is 0 Å². The van der Waals surface area contributed by atoms with Crippen LogP contribution in [-0.4, -0.2) is 28.9 Å². The van der Waals surface area contributed by atoms with Crippen molar-refractivity contribution in [3.63, 3.8) is 0 Å². The normalized spacial score (nSPS) is 10.4. The molecule has 5 heteroatoms. The van der Waals surface area contributed by atoms with Crippen molar-refractivity contribution in [1.29, 1.82) is 0 Å². The maximum Gasteiger partial charge on any atom is 0.352 e. The summed E-state index contributed by atoms with van der Waals surface area (Å²) < 4.78 is 7.79. The zero-order chi connectivity index (χ0) is 10.6. The Hall–Kier alpha value is -0.560. The average molecular weight is 309 g/mol. The minimum absolute atomic E-state index is 0.314. The van der Waals surface area contributed by atoms with E-state index < -0.39 is 5.97 Å². The van der Waals surface area contributed by atoms with Gasteiger partial charge in [0.1, 0.15) is 5.69 Å². The van der Waals surface area contributed by atoms with Crippen molar-refractivity contribution in [2.45, 2.75) is 13.5 Å². The molecule has 0 radical (unpaired) electrons. The van der Waals surface area contributed by atoms with Crippen molar-refractivity contribution in [3.8, 4) is 0 Å². The predicted octanol–water partition coefficient (Wildman–Crippen LogP) is 1.83. The van der Waals surface area contributed by atoms with Crippen LogP contribution in [0.5, 0.6) is 0 Å². The Morgan fingerprint density at radius 1 is 1.71 bits per heavy atom. The summed E-state index contributed by atoms with van der Waals surface area (Å²) in [6.07, 6.45) is 1.81. The van der Waals surface area contributed by atoms with Gasteiger partial charge in [0.05, 0.1) is 6.61 Å². The number of hydrogen-bond acceptors (Lipinski definition) is 2. The molecule has 0 aromatic carbocycles. The quantitative estimate of drug-likeness (QED) is 0.667. The second-order valence-electron chi connectivity index (χ2n) is 2.74. The Morgan fingerprint density at radius 3 is 3.00 bits per heavy atom. The molecule has 0 saturated carbocycles. The van der Waals surface area contributed by atoms with Crippen LogP contribution in [0.15, 0.2) is 12.3 Å². The Bertz CT molecular complexity index is 322. The van der Waals surface area contributed by atoms with Crippen molar-refractivity contribution >= 4 is 28.6 Å². The van der Waals surface area contributed by atoms with Gasteiger partial charge < -0.3 is 14.4 Å². The van der Waals surface area contributed by atoms with Gasteiger partial charge in [-0.05, 0) is 35.6 Å². The lowest BCUT2D eigenvalue weighted by atomic mass is 10.4. The monoisotopic (exact) mass is 309 g/mol. The van der Waals surface area contributed by atoms with Gasteiger partial charge >= 0.3 is 5.97 Å². The summed E-state index contributed by atoms with van der Waals surface area (Å²) in [6.45, 7) is 3.69. The zero-order valence-electron chi connectivity index (χ0n) is 7.86. The van der Waals surface area contributed by atoms with Crippen molar-refractivity contribution in [3.05, 3.63) is 21.5 Å². The highest BCUT2D eigenvalue weighted by Gasteiger charge is 2.10. The fourth-order valence-electron chi connectivity index (χ4n) is 1.15. The molecule has 14 heavy (non-hydrogen) atoms. The number of carboxylic acids is 1. The summed E-state index contributed by atoms with van der Waals surface area (Å²) in [4.78, 5) is 10.8. The number of carbonyl (C=O) groups is 1. The first-order valence-electron chi connectivity index (χ1n) is 4.32. The number of aromatic nitrogens is 1. The molecule has 1 aromatic rings. The molecule has 0 saturated heterocycles. The summed E-state index contributed by atoms with van der Waals surface area (Å²) in [5, 5.41) is 8.87. The summed E-state index contributed by atoms with van der Waals surface area (Å²) in [6, 6.07) is 1.65. The van der Waals surface area contributed by atoms with Gasteiger partial charge in [0.15, 0.2) is 0 Å². The lowest BCUT2D eigenvalue weighted by Gasteiger charge is -2.05. The molecule has 0 spiro atoms. The van der Waals surface area contributed by atoms with Gasteiger partial charge in [0.25, 0.3) is 0 Å². The van der Waals surface area contributed by atoms with Gasteiger partial charge in [0.2, 0.25) is 0 Å². The first-order valence-corrected chi connectivity index (χ1v) is 5.39. The maximum atomic E-state index is 10.8. The number of halogens is 1.